The Balaban J connectivity index is 1.60. The molecular weight excluding hydrogens is 372 g/mol. The quantitative estimate of drug-likeness (QED) is 0.842. The Morgan fingerprint density at radius 3 is 2.35 bits per heavy atom. The van der Waals surface area contributed by atoms with E-state index in [0.717, 1.165) is 30.1 Å². The van der Waals surface area contributed by atoms with Crippen LogP contribution in [0.25, 0.3) is 0 Å². The Hall–Kier alpha value is -1.57. The topological polar surface area (TPSA) is 67.2 Å². The van der Waals surface area contributed by atoms with E-state index in [1.165, 1.54) is 0 Å². The summed E-state index contributed by atoms with van der Waals surface area (Å²) in [6, 6.07) is 7.63. The van der Waals surface area contributed by atoms with Crippen LogP contribution >= 0.6 is 11.6 Å². The highest BCUT2D eigenvalue weighted by molar-refractivity contribution is 7.89. The van der Waals surface area contributed by atoms with Crippen LogP contribution in [0.5, 0.6) is 0 Å². The van der Waals surface area contributed by atoms with Crippen LogP contribution < -0.4 is 5.32 Å². The zero-order valence-electron chi connectivity index (χ0n) is 15.4. The van der Waals surface area contributed by atoms with Crippen molar-refractivity contribution in [3.05, 3.63) is 40.7 Å². The van der Waals surface area contributed by atoms with Gasteiger partial charge >= 0.3 is 0 Å². The van der Waals surface area contributed by atoms with Crippen LogP contribution in [-0.2, 0) is 17.1 Å². The highest BCUT2D eigenvalue weighted by Gasteiger charge is 2.33. The molecule has 1 aliphatic rings. The molecular formula is C18H25ClN4O2S. The summed E-state index contributed by atoms with van der Waals surface area (Å²) in [5.41, 5.74) is 2.29. The number of nitrogens with zero attached hydrogens (tertiary/aromatic N) is 3. The highest BCUT2D eigenvalue weighted by atomic mass is 35.5. The number of rotatable bonds is 5. The number of sulfonamides is 1. The molecule has 1 aromatic carbocycles. The Morgan fingerprint density at radius 1 is 1.19 bits per heavy atom. The summed E-state index contributed by atoms with van der Waals surface area (Å²) in [7, 11) is -1.71. The van der Waals surface area contributed by atoms with Gasteiger partial charge in [-0.2, -0.15) is 9.40 Å². The predicted molar refractivity (Wildman–Crippen MR) is 104 cm³/mol. The summed E-state index contributed by atoms with van der Waals surface area (Å²) in [4.78, 5) is 0.359. The fraction of sp³-hybridized carbons (Fsp3) is 0.500. The van der Waals surface area contributed by atoms with Gasteiger partial charge in [-0.15, -0.1) is 0 Å². The van der Waals surface area contributed by atoms with E-state index in [1.54, 1.807) is 29.9 Å². The molecule has 1 aromatic heterocycles. The normalized spacial score (nSPS) is 16.8. The summed E-state index contributed by atoms with van der Waals surface area (Å²) in [5.74, 6) is 0.452. The summed E-state index contributed by atoms with van der Waals surface area (Å²) in [6.07, 6.45) is 1.69. The van der Waals surface area contributed by atoms with Crippen molar-refractivity contribution in [1.82, 2.24) is 14.1 Å². The Bertz CT molecular complexity index is 869. The zero-order chi connectivity index (χ0) is 18.9. The van der Waals surface area contributed by atoms with Crippen molar-refractivity contribution in [3.8, 4) is 0 Å². The number of aryl methyl sites for hydroxylation is 2. The van der Waals surface area contributed by atoms with Crippen molar-refractivity contribution in [2.45, 2.75) is 31.6 Å². The van der Waals surface area contributed by atoms with Gasteiger partial charge in [-0.3, -0.25) is 4.68 Å². The van der Waals surface area contributed by atoms with E-state index in [4.69, 9.17) is 11.6 Å². The number of hydrogen-bond donors (Lipinski definition) is 1. The van der Waals surface area contributed by atoms with Gasteiger partial charge in [-0.1, -0.05) is 11.6 Å². The maximum absolute atomic E-state index is 13.0. The largest absolute Gasteiger partial charge is 0.385 e. The maximum atomic E-state index is 13.0. The van der Waals surface area contributed by atoms with Crippen LogP contribution in [0.3, 0.4) is 0 Å². The van der Waals surface area contributed by atoms with Crippen molar-refractivity contribution < 1.29 is 8.42 Å². The molecule has 0 bridgehead atoms. The molecule has 1 N–H and O–H groups in total. The second kappa shape index (κ2) is 7.58. The van der Waals surface area contributed by atoms with E-state index in [2.05, 4.69) is 10.4 Å². The lowest BCUT2D eigenvalue weighted by Gasteiger charge is -2.31. The first-order valence-electron chi connectivity index (χ1n) is 8.79. The smallest absolute Gasteiger partial charge is 0.246 e. The summed E-state index contributed by atoms with van der Waals surface area (Å²) < 4.78 is 29.2. The van der Waals surface area contributed by atoms with Crippen molar-refractivity contribution in [2.24, 2.45) is 13.0 Å². The lowest BCUT2D eigenvalue weighted by Crippen LogP contribution is -2.40. The first kappa shape index (κ1) is 19.2. The van der Waals surface area contributed by atoms with Gasteiger partial charge in [0.15, 0.2) is 0 Å². The molecule has 0 spiro atoms. The van der Waals surface area contributed by atoms with E-state index >= 15 is 0 Å². The first-order chi connectivity index (χ1) is 12.3. The molecule has 8 heteroatoms. The lowest BCUT2D eigenvalue weighted by atomic mass is 9.98. The summed E-state index contributed by atoms with van der Waals surface area (Å²) >= 11 is 5.90. The number of piperidine rings is 1. The van der Waals surface area contributed by atoms with Gasteiger partial charge < -0.3 is 5.32 Å². The van der Waals surface area contributed by atoms with Crippen LogP contribution in [0.4, 0.5) is 5.69 Å². The van der Waals surface area contributed by atoms with Gasteiger partial charge in [0.2, 0.25) is 10.0 Å². The van der Waals surface area contributed by atoms with Gasteiger partial charge in [-0.05, 0) is 56.9 Å². The highest BCUT2D eigenvalue weighted by Crippen LogP contribution is 2.27. The predicted octanol–water partition coefficient (Wildman–Crippen LogP) is 3.20. The average Bonchev–Trinajstić information content (AvgIpc) is 2.87. The average molecular weight is 397 g/mol. The van der Waals surface area contributed by atoms with E-state index in [1.807, 2.05) is 24.3 Å². The monoisotopic (exact) mass is 396 g/mol. The van der Waals surface area contributed by atoms with Crippen LogP contribution in [0.15, 0.2) is 29.2 Å². The van der Waals surface area contributed by atoms with Gasteiger partial charge in [0, 0.05) is 37.4 Å². The molecule has 2 heterocycles. The van der Waals surface area contributed by atoms with E-state index < -0.39 is 10.0 Å². The fourth-order valence-corrected chi connectivity index (χ4v) is 5.44. The molecule has 0 radical (unpaired) electrons. The van der Waals surface area contributed by atoms with E-state index in [0.29, 0.717) is 35.3 Å². The van der Waals surface area contributed by atoms with Gasteiger partial charge in [-0.25, -0.2) is 8.42 Å². The first-order valence-corrected chi connectivity index (χ1v) is 10.6. The van der Waals surface area contributed by atoms with E-state index in [-0.39, 0.29) is 0 Å². The molecule has 142 valence electrons. The fourth-order valence-electron chi connectivity index (χ4n) is 3.44. The number of aromatic nitrogens is 2. The molecule has 0 aliphatic carbocycles. The Kier molecular flexibility index (Phi) is 5.60. The minimum Gasteiger partial charge on any atom is -0.385 e. The molecule has 2 aromatic rings. The molecule has 1 aliphatic heterocycles. The number of anilines is 1. The third-order valence-electron chi connectivity index (χ3n) is 5.05. The molecule has 1 saturated heterocycles. The molecule has 26 heavy (non-hydrogen) atoms. The summed E-state index contributed by atoms with van der Waals surface area (Å²) in [5, 5.41) is 8.37. The third kappa shape index (κ3) is 3.89. The van der Waals surface area contributed by atoms with E-state index in [9.17, 15) is 8.42 Å². The molecule has 3 rings (SSSR count). The zero-order valence-corrected chi connectivity index (χ0v) is 16.9. The van der Waals surface area contributed by atoms with Crippen molar-refractivity contribution in [2.75, 3.05) is 25.0 Å². The van der Waals surface area contributed by atoms with Crippen molar-refractivity contribution in [3.63, 3.8) is 0 Å². The number of hydrogen-bond acceptors (Lipinski definition) is 4. The van der Waals surface area contributed by atoms with Gasteiger partial charge in [0.05, 0.1) is 11.4 Å². The van der Waals surface area contributed by atoms with Gasteiger partial charge in [0.25, 0.3) is 0 Å². The van der Waals surface area contributed by atoms with Crippen molar-refractivity contribution >= 4 is 27.3 Å². The standard InChI is InChI=1S/C18H25ClN4O2S/c1-13-18(14(2)22(3)21-13)26(24,25)23-10-8-15(9-11-23)12-20-17-6-4-16(19)5-7-17/h4-7,15,20H,8-12H2,1-3H3. The minimum absolute atomic E-state index is 0.359. The van der Waals surface area contributed by atoms with Crippen LogP contribution in [0.2, 0.25) is 5.02 Å². The maximum Gasteiger partial charge on any atom is 0.246 e. The number of halogens is 1. The van der Waals surface area contributed by atoms with Crippen LogP contribution in [0.1, 0.15) is 24.2 Å². The van der Waals surface area contributed by atoms with Crippen molar-refractivity contribution in [1.29, 1.82) is 0 Å². The Morgan fingerprint density at radius 2 is 1.81 bits per heavy atom. The number of nitrogens with one attached hydrogen (secondary N) is 1. The SMILES string of the molecule is Cc1nn(C)c(C)c1S(=O)(=O)N1CCC(CNc2ccc(Cl)cc2)CC1. The summed E-state index contributed by atoms with van der Waals surface area (Å²) in [6.45, 7) is 5.48. The minimum atomic E-state index is -3.48. The molecule has 0 saturated carbocycles. The second-order valence-corrected chi connectivity index (χ2v) is 9.17. The van der Waals surface area contributed by atoms with Crippen LogP contribution in [-0.4, -0.2) is 42.1 Å². The van der Waals surface area contributed by atoms with Crippen LogP contribution in [0, 0.1) is 19.8 Å². The van der Waals surface area contributed by atoms with Gasteiger partial charge in [0.1, 0.15) is 4.90 Å². The second-order valence-electron chi connectivity index (χ2n) is 6.86. The Labute approximate surface area is 160 Å². The molecule has 0 amide bonds. The molecule has 0 unspecified atom stereocenters. The third-order valence-corrected chi connectivity index (χ3v) is 7.46. The molecule has 0 atom stereocenters. The molecule has 6 nitrogen and oxygen atoms in total. The number of benzene rings is 1. The lowest BCUT2D eigenvalue weighted by molar-refractivity contribution is 0.282. The molecule has 1 fully saturated rings.